The first-order chi connectivity index (χ1) is 6.66. The second kappa shape index (κ2) is 3.10. The number of benzene rings is 1. The van der Waals surface area contributed by atoms with Gasteiger partial charge in [-0.15, -0.1) is 0 Å². The maximum atomic E-state index is 12.8. The number of hydrogen-bond acceptors (Lipinski definition) is 2. The summed E-state index contributed by atoms with van der Waals surface area (Å²) in [7, 11) is 0. The molecule has 0 aliphatic rings. The van der Waals surface area contributed by atoms with E-state index in [1.807, 2.05) is 0 Å². The van der Waals surface area contributed by atoms with Crippen LogP contribution < -0.4 is 5.73 Å². The number of nitrogens with one attached hydrogen (secondary N) is 1. The number of nitrogen functional groups attached to an aromatic ring is 1. The highest BCUT2D eigenvalue weighted by Crippen LogP contribution is 2.20. The molecule has 3 N–H and O–H groups in total. The van der Waals surface area contributed by atoms with Crippen molar-refractivity contribution in [3.05, 3.63) is 35.9 Å². The van der Waals surface area contributed by atoms with Gasteiger partial charge in [0.05, 0.1) is 5.69 Å². The Morgan fingerprint density at radius 1 is 1.14 bits per heavy atom. The molecular weight excluding hydrogens is 188 g/mol. The first-order valence-corrected chi connectivity index (χ1v) is 3.93. The van der Waals surface area contributed by atoms with E-state index in [0.717, 1.165) is 12.1 Å². The first kappa shape index (κ1) is 8.68. The maximum Gasteiger partial charge on any atom is 0.159 e. The van der Waals surface area contributed by atoms with Crippen LogP contribution in [-0.2, 0) is 0 Å². The lowest BCUT2D eigenvalue weighted by Crippen LogP contribution is -1.85. The van der Waals surface area contributed by atoms with Crippen LogP contribution in [0.2, 0.25) is 0 Å². The second-order valence-corrected chi connectivity index (χ2v) is 2.84. The summed E-state index contributed by atoms with van der Waals surface area (Å²) in [5.74, 6) is -1.46. The van der Waals surface area contributed by atoms with Crippen LogP contribution in [0.15, 0.2) is 24.3 Å². The SMILES string of the molecule is Nc1cc(-c2ccc(F)c(F)c2)[nH]n1. The molecule has 1 heterocycles. The molecule has 1 aromatic heterocycles. The number of anilines is 1. The van der Waals surface area contributed by atoms with Gasteiger partial charge in [0.1, 0.15) is 5.82 Å². The molecule has 2 rings (SSSR count). The van der Waals surface area contributed by atoms with Crippen LogP contribution in [0, 0.1) is 11.6 Å². The molecule has 2 aromatic rings. The van der Waals surface area contributed by atoms with Gasteiger partial charge in [-0.05, 0) is 18.2 Å². The summed E-state index contributed by atoms with van der Waals surface area (Å²) in [6, 6.07) is 5.14. The molecule has 0 aliphatic heterocycles. The Bertz CT molecular complexity index is 465. The molecule has 0 amide bonds. The number of nitrogens with zero attached hydrogens (tertiary/aromatic N) is 1. The van der Waals surface area contributed by atoms with Crippen molar-refractivity contribution in [3.8, 4) is 11.3 Å². The Balaban J connectivity index is 2.47. The van der Waals surface area contributed by atoms with Gasteiger partial charge in [0.15, 0.2) is 11.6 Å². The van der Waals surface area contributed by atoms with Crippen LogP contribution in [0.3, 0.4) is 0 Å². The molecule has 72 valence electrons. The van der Waals surface area contributed by atoms with E-state index >= 15 is 0 Å². The van der Waals surface area contributed by atoms with Gasteiger partial charge in [0.25, 0.3) is 0 Å². The molecule has 0 atom stereocenters. The van der Waals surface area contributed by atoms with Gasteiger partial charge in [-0.2, -0.15) is 5.10 Å². The smallest absolute Gasteiger partial charge is 0.159 e. The maximum absolute atomic E-state index is 12.8. The van der Waals surface area contributed by atoms with Crippen LogP contribution in [0.4, 0.5) is 14.6 Å². The summed E-state index contributed by atoms with van der Waals surface area (Å²) in [6.45, 7) is 0. The predicted octanol–water partition coefficient (Wildman–Crippen LogP) is 1.94. The fourth-order valence-electron chi connectivity index (χ4n) is 1.15. The van der Waals surface area contributed by atoms with Crippen molar-refractivity contribution in [3.63, 3.8) is 0 Å². The lowest BCUT2D eigenvalue weighted by atomic mass is 10.1. The molecule has 0 spiro atoms. The van der Waals surface area contributed by atoms with Gasteiger partial charge in [0.2, 0.25) is 0 Å². The molecule has 0 saturated heterocycles. The minimum atomic E-state index is -0.893. The van der Waals surface area contributed by atoms with E-state index in [4.69, 9.17) is 5.73 Å². The summed E-state index contributed by atoms with van der Waals surface area (Å²) in [5, 5.41) is 6.29. The Labute approximate surface area is 78.6 Å². The Kier molecular flexibility index (Phi) is 1.92. The second-order valence-electron chi connectivity index (χ2n) is 2.84. The predicted molar refractivity (Wildman–Crippen MR) is 48.4 cm³/mol. The van der Waals surface area contributed by atoms with Crippen LogP contribution in [0.5, 0.6) is 0 Å². The molecule has 0 unspecified atom stereocenters. The number of hydrogen-bond donors (Lipinski definition) is 2. The number of H-pyrrole nitrogens is 1. The molecule has 0 bridgehead atoms. The van der Waals surface area contributed by atoms with Crippen LogP contribution in [0.25, 0.3) is 11.3 Å². The van der Waals surface area contributed by atoms with Crippen molar-refractivity contribution in [1.82, 2.24) is 10.2 Å². The summed E-state index contributed by atoms with van der Waals surface area (Å²) in [6.07, 6.45) is 0. The van der Waals surface area contributed by atoms with Crippen molar-refractivity contribution in [2.75, 3.05) is 5.73 Å². The quantitative estimate of drug-likeness (QED) is 0.730. The number of rotatable bonds is 1. The van der Waals surface area contributed by atoms with Crippen LogP contribution in [-0.4, -0.2) is 10.2 Å². The van der Waals surface area contributed by atoms with E-state index in [1.54, 1.807) is 6.07 Å². The number of nitrogens with two attached hydrogens (primary N) is 1. The molecule has 14 heavy (non-hydrogen) atoms. The van der Waals surface area contributed by atoms with Gasteiger partial charge in [-0.25, -0.2) is 8.78 Å². The zero-order valence-electron chi connectivity index (χ0n) is 7.09. The summed E-state index contributed by atoms with van der Waals surface area (Å²) in [5.41, 5.74) is 6.44. The van der Waals surface area contributed by atoms with Crippen molar-refractivity contribution in [2.45, 2.75) is 0 Å². The average molecular weight is 195 g/mol. The Hall–Kier alpha value is -1.91. The highest BCUT2D eigenvalue weighted by molar-refractivity contribution is 5.61. The lowest BCUT2D eigenvalue weighted by molar-refractivity contribution is 0.509. The van der Waals surface area contributed by atoms with E-state index < -0.39 is 11.6 Å². The lowest BCUT2D eigenvalue weighted by Gasteiger charge is -1.97. The molecule has 3 nitrogen and oxygen atoms in total. The molecule has 0 fully saturated rings. The summed E-state index contributed by atoms with van der Waals surface area (Å²) in [4.78, 5) is 0. The number of aromatic nitrogens is 2. The van der Waals surface area contributed by atoms with E-state index in [2.05, 4.69) is 10.2 Å². The minimum Gasteiger partial charge on any atom is -0.382 e. The van der Waals surface area contributed by atoms with Crippen molar-refractivity contribution in [1.29, 1.82) is 0 Å². The Morgan fingerprint density at radius 3 is 2.50 bits per heavy atom. The molecule has 1 aromatic carbocycles. The van der Waals surface area contributed by atoms with Gasteiger partial charge < -0.3 is 5.73 Å². The molecule has 5 heteroatoms. The van der Waals surface area contributed by atoms with Gasteiger partial charge in [0, 0.05) is 11.6 Å². The molecule has 0 radical (unpaired) electrons. The number of aromatic amines is 1. The van der Waals surface area contributed by atoms with E-state index in [9.17, 15) is 8.78 Å². The topological polar surface area (TPSA) is 54.7 Å². The minimum absolute atomic E-state index is 0.310. The monoisotopic (exact) mass is 195 g/mol. The van der Waals surface area contributed by atoms with E-state index in [1.165, 1.54) is 6.07 Å². The van der Waals surface area contributed by atoms with Crippen molar-refractivity contribution < 1.29 is 8.78 Å². The van der Waals surface area contributed by atoms with E-state index in [0.29, 0.717) is 17.1 Å². The fourth-order valence-corrected chi connectivity index (χ4v) is 1.15. The first-order valence-electron chi connectivity index (χ1n) is 3.93. The van der Waals surface area contributed by atoms with Crippen molar-refractivity contribution in [2.24, 2.45) is 0 Å². The van der Waals surface area contributed by atoms with Gasteiger partial charge >= 0.3 is 0 Å². The third-order valence-electron chi connectivity index (χ3n) is 1.83. The largest absolute Gasteiger partial charge is 0.382 e. The van der Waals surface area contributed by atoms with E-state index in [-0.39, 0.29) is 0 Å². The zero-order chi connectivity index (χ0) is 10.1. The third kappa shape index (κ3) is 1.44. The molecular formula is C9H7F2N3. The fraction of sp³-hybridized carbons (Fsp3) is 0. The number of halogens is 2. The standard InChI is InChI=1S/C9H7F2N3/c10-6-2-1-5(3-7(6)11)8-4-9(12)14-13-8/h1-4H,(H3,12,13,14). The zero-order valence-corrected chi connectivity index (χ0v) is 7.09. The third-order valence-corrected chi connectivity index (χ3v) is 1.83. The van der Waals surface area contributed by atoms with Crippen LogP contribution >= 0.6 is 0 Å². The summed E-state index contributed by atoms with van der Waals surface area (Å²) >= 11 is 0. The molecule has 0 aliphatic carbocycles. The molecule has 0 saturated carbocycles. The van der Waals surface area contributed by atoms with Gasteiger partial charge in [-0.1, -0.05) is 0 Å². The normalized spacial score (nSPS) is 10.4. The highest BCUT2D eigenvalue weighted by Gasteiger charge is 2.05. The highest BCUT2D eigenvalue weighted by atomic mass is 19.2. The Morgan fingerprint density at radius 2 is 1.93 bits per heavy atom. The summed E-state index contributed by atoms with van der Waals surface area (Å²) < 4.78 is 25.4. The van der Waals surface area contributed by atoms with Crippen LogP contribution in [0.1, 0.15) is 0 Å². The van der Waals surface area contributed by atoms with Gasteiger partial charge in [-0.3, -0.25) is 5.10 Å². The van der Waals surface area contributed by atoms with Crippen molar-refractivity contribution >= 4 is 5.82 Å². The average Bonchev–Trinajstić information content (AvgIpc) is 2.57.